The van der Waals surface area contributed by atoms with Crippen LogP contribution in [-0.4, -0.2) is 24.2 Å². The summed E-state index contributed by atoms with van der Waals surface area (Å²) in [7, 11) is -3.87. The Morgan fingerprint density at radius 1 is 1.40 bits per heavy atom. The van der Waals surface area contributed by atoms with Crippen LogP contribution in [0.5, 0.6) is 0 Å². The Bertz CT molecular complexity index is 614. The summed E-state index contributed by atoms with van der Waals surface area (Å²) in [5.41, 5.74) is 5.22. The molecule has 1 aliphatic heterocycles. The Kier molecular flexibility index (Phi) is 1.80. The van der Waals surface area contributed by atoms with E-state index in [2.05, 4.69) is 14.4 Å². The van der Waals surface area contributed by atoms with Crippen molar-refractivity contribution in [2.75, 3.05) is 4.72 Å². The molecule has 1 aromatic heterocycles. The second-order valence-electron chi connectivity index (χ2n) is 2.93. The van der Waals surface area contributed by atoms with E-state index < -0.39 is 15.8 Å². The molecule has 0 saturated heterocycles. The molecule has 80 valence electrons. The van der Waals surface area contributed by atoms with Crippen LogP contribution in [0.4, 0.5) is 5.82 Å². The average molecular weight is 229 g/mol. The lowest BCUT2D eigenvalue weighted by Crippen LogP contribution is -2.31. The largest absolute Gasteiger partial charge is 0.381 e. The summed E-state index contributed by atoms with van der Waals surface area (Å²) in [5, 5.41) is 0. The Morgan fingerprint density at radius 2 is 2.07 bits per heavy atom. The zero-order chi connectivity index (χ0) is 11.2. The highest BCUT2D eigenvalue weighted by molar-refractivity contribution is 7.91. The van der Waals surface area contributed by atoms with Crippen LogP contribution in [0.3, 0.4) is 0 Å². The van der Waals surface area contributed by atoms with Crippen molar-refractivity contribution < 1.29 is 8.42 Å². The third-order valence-electron chi connectivity index (χ3n) is 1.78. The number of aromatic amines is 1. The fourth-order valence-electron chi connectivity index (χ4n) is 1.12. The van der Waals surface area contributed by atoms with Crippen molar-refractivity contribution in [2.24, 2.45) is 10.1 Å². The van der Waals surface area contributed by atoms with Gasteiger partial charge in [-0.1, -0.05) is 0 Å². The predicted octanol–water partition coefficient (Wildman–Crippen LogP) is -1.55. The number of nitrogens with one attached hydrogen (secondary N) is 2. The second kappa shape index (κ2) is 2.79. The molecule has 1 aliphatic rings. The summed E-state index contributed by atoms with van der Waals surface area (Å²) >= 11 is 0. The van der Waals surface area contributed by atoms with E-state index in [0.717, 1.165) is 0 Å². The molecule has 0 spiro atoms. The maximum Gasteiger partial charge on any atom is 0.345 e. The second-order valence-corrected chi connectivity index (χ2v) is 4.27. The van der Waals surface area contributed by atoms with Gasteiger partial charge in [-0.25, -0.2) is 9.71 Å². The number of nitrogens with zero attached hydrogens (tertiary/aromatic N) is 2. The lowest BCUT2D eigenvalue weighted by Gasteiger charge is -2.13. The molecule has 0 saturated carbocycles. The van der Waals surface area contributed by atoms with Crippen LogP contribution in [0.25, 0.3) is 0 Å². The summed E-state index contributed by atoms with van der Waals surface area (Å²) in [6, 6.07) is 0. The lowest BCUT2D eigenvalue weighted by atomic mass is 10.3. The van der Waals surface area contributed by atoms with Gasteiger partial charge in [0, 0.05) is 0 Å². The molecule has 1 aromatic rings. The van der Waals surface area contributed by atoms with E-state index in [9.17, 15) is 13.2 Å². The van der Waals surface area contributed by atoms with E-state index in [1.807, 2.05) is 4.72 Å². The highest BCUT2D eigenvalue weighted by atomic mass is 32.2. The summed E-state index contributed by atoms with van der Waals surface area (Å²) in [6.07, 6.45) is 0. The fraction of sp³-hybridized carbons (Fsp3) is 0.167. The maximum absolute atomic E-state index is 11.2. The first-order valence-electron chi connectivity index (χ1n) is 3.88. The van der Waals surface area contributed by atoms with Crippen LogP contribution in [0.2, 0.25) is 0 Å². The Hall–Kier alpha value is -1.90. The Labute approximate surface area is 84.4 Å². The highest BCUT2D eigenvalue weighted by Crippen LogP contribution is 2.15. The molecule has 15 heavy (non-hydrogen) atoms. The number of H-pyrrole nitrogens is 1. The SMILES string of the molecule is Cc1nc2c([nH]c1=O)NS(=O)(=O)N=C2N. The quantitative estimate of drug-likeness (QED) is 0.496. The zero-order valence-electron chi connectivity index (χ0n) is 7.60. The average Bonchev–Trinajstić information content (AvgIpc) is 2.07. The summed E-state index contributed by atoms with van der Waals surface area (Å²) in [5.74, 6) is -0.304. The number of nitrogens with two attached hydrogens (primary N) is 1. The van der Waals surface area contributed by atoms with Crippen molar-refractivity contribution >= 4 is 21.9 Å². The highest BCUT2D eigenvalue weighted by Gasteiger charge is 2.23. The van der Waals surface area contributed by atoms with Gasteiger partial charge >= 0.3 is 10.2 Å². The van der Waals surface area contributed by atoms with Crippen LogP contribution in [0.1, 0.15) is 11.4 Å². The molecule has 0 amide bonds. The predicted molar refractivity (Wildman–Crippen MR) is 52.9 cm³/mol. The van der Waals surface area contributed by atoms with Crippen molar-refractivity contribution in [3.05, 3.63) is 21.7 Å². The molecule has 2 heterocycles. The van der Waals surface area contributed by atoms with Gasteiger partial charge in [0.1, 0.15) is 11.4 Å². The van der Waals surface area contributed by atoms with Crippen LogP contribution < -0.4 is 16.0 Å². The molecule has 0 radical (unpaired) electrons. The number of rotatable bonds is 0. The molecule has 0 atom stereocenters. The summed E-state index contributed by atoms with van der Waals surface area (Å²) in [4.78, 5) is 17.3. The molecule has 4 N–H and O–H groups in total. The number of aryl methyl sites for hydroxylation is 1. The van der Waals surface area contributed by atoms with Crippen LogP contribution in [0.15, 0.2) is 9.19 Å². The molecule has 0 aromatic carbocycles. The van der Waals surface area contributed by atoms with Crippen molar-refractivity contribution in [1.29, 1.82) is 0 Å². The first kappa shape index (κ1) is 9.65. The standard InChI is InChI=1S/C6H7N5O3S/c1-2-6(12)9-5-3(8-2)4(7)10-15(13,14)11-5/h1H3,(H2,7,10)(H2,9,11,12). The molecule has 8 nitrogen and oxygen atoms in total. The van der Waals surface area contributed by atoms with E-state index in [4.69, 9.17) is 5.73 Å². The van der Waals surface area contributed by atoms with E-state index in [1.54, 1.807) is 0 Å². The van der Waals surface area contributed by atoms with E-state index in [1.165, 1.54) is 6.92 Å². The minimum atomic E-state index is -3.87. The molecule has 2 rings (SSSR count). The third kappa shape index (κ3) is 1.56. The van der Waals surface area contributed by atoms with E-state index >= 15 is 0 Å². The number of amidine groups is 1. The number of anilines is 1. The smallest absolute Gasteiger partial charge is 0.345 e. The van der Waals surface area contributed by atoms with E-state index in [-0.39, 0.29) is 23.0 Å². The first-order valence-corrected chi connectivity index (χ1v) is 5.32. The zero-order valence-corrected chi connectivity index (χ0v) is 8.42. The van der Waals surface area contributed by atoms with Crippen LogP contribution >= 0.6 is 0 Å². The van der Waals surface area contributed by atoms with Gasteiger partial charge in [-0.2, -0.15) is 8.42 Å². The van der Waals surface area contributed by atoms with Crippen LogP contribution in [0, 0.1) is 6.92 Å². The number of hydrogen-bond acceptors (Lipinski definition) is 5. The van der Waals surface area contributed by atoms with Gasteiger partial charge in [0.2, 0.25) is 0 Å². The Balaban J connectivity index is 2.77. The fourth-order valence-corrected chi connectivity index (χ4v) is 1.92. The van der Waals surface area contributed by atoms with Gasteiger partial charge in [0.05, 0.1) is 0 Å². The molecule has 0 aliphatic carbocycles. The lowest BCUT2D eigenvalue weighted by molar-refractivity contribution is 0.602. The molecule has 0 bridgehead atoms. The summed E-state index contributed by atoms with van der Waals surface area (Å²) in [6.45, 7) is 1.48. The van der Waals surface area contributed by atoms with Crippen molar-refractivity contribution in [2.45, 2.75) is 6.92 Å². The number of hydrogen-bond donors (Lipinski definition) is 3. The normalized spacial score (nSPS) is 17.5. The monoisotopic (exact) mass is 229 g/mol. The van der Waals surface area contributed by atoms with Crippen molar-refractivity contribution in [3.8, 4) is 0 Å². The van der Waals surface area contributed by atoms with Crippen LogP contribution in [-0.2, 0) is 10.2 Å². The minimum absolute atomic E-state index is 0.0573. The van der Waals surface area contributed by atoms with Gasteiger partial charge in [-0.15, -0.1) is 4.40 Å². The molecular formula is C6H7N5O3S. The molecular weight excluding hydrogens is 222 g/mol. The molecule has 0 fully saturated rings. The Morgan fingerprint density at radius 3 is 2.73 bits per heavy atom. The van der Waals surface area contributed by atoms with Gasteiger partial charge in [0.15, 0.2) is 11.7 Å². The third-order valence-corrected chi connectivity index (χ3v) is 2.67. The number of fused-ring (bicyclic) bond motifs is 1. The first-order chi connectivity index (χ1) is 6.89. The number of aromatic nitrogens is 2. The van der Waals surface area contributed by atoms with Gasteiger partial charge < -0.3 is 10.7 Å². The van der Waals surface area contributed by atoms with Gasteiger partial charge in [-0.05, 0) is 6.92 Å². The molecule has 0 unspecified atom stereocenters. The topological polar surface area (TPSA) is 130 Å². The van der Waals surface area contributed by atoms with Gasteiger partial charge in [-0.3, -0.25) is 4.79 Å². The van der Waals surface area contributed by atoms with E-state index in [0.29, 0.717) is 0 Å². The molecule has 9 heteroatoms. The minimum Gasteiger partial charge on any atom is -0.381 e. The summed E-state index contributed by atoms with van der Waals surface area (Å²) < 4.78 is 27.4. The maximum atomic E-state index is 11.2. The van der Waals surface area contributed by atoms with Gasteiger partial charge in [0.25, 0.3) is 5.56 Å². The van der Waals surface area contributed by atoms with Crippen molar-refractivity contribution in [3.63, 3.8) is 0 Å². The van der Waals surface area contributed by atoms with Crippen molar-refractivity contribution in [1.82, 2.24) is 9.97 Å².